The number of methoxy groups -OCH3 is 1. The monoisotopic (exact) mass is 284 g/mol. The maximum absolute atomic E-state index is 11.2. The fourth-order valence-electron chi connectivity index (χ4n) is 2.07. The lowest BCUT2D eigenvalue weighted by atomic mass is 10.1. The Balaban J connectivity index is 3.63. The molecule has 0 fully saturated rings. The molecule has 0 heterocycles. The zero-order valence-electron chi connectivity index (χ0n) is 12.8. The van der Waals surface area contributed by atoms with E-state index in [1.165, 1.54) is 58.1 Å². The molecule has 0 aliphatic heterocycles. The fraction of sp³-hybridized carbons (Fsp3) is 0.750. The van der Waals surface area contributed by atoms with Crippen molar-refractivity contribution in [3.8, 4) is 0 Å². The van der Waals surface area contributed by atoms with Gasteiger partial charge in [0.05, 0.1) is 7.11 Å². The Bertz CT molecular complexity index is 308. The molecule has 0 saturated heterocycles. The molecule has 0 aliphatic rings. The highest BCUT2D eigenvalue weighted by Crippen LogP contribution is 2.11. The minimum atomic E-state index is -1.22. The molecule has 0 aromatic carbocycles. The van der Waals surface area contributed by atoms with Gasteiger partial charge < -0.3 is 9.84 Å². The number of hydrogen-bond acceptors (Lipinski definition) is 3. The molecule has 20 heavy (non-hydrogen) atoms. The van der Waals surface area contributed by atoms with Crippen LogP contribution in [0.25, 0.3) is 0 Å². The van der Waals surface area contributed by atoms with Crippen molar-refractivity contribution >= 4 is 11.9 Å². The van der Waals surface area contributed by atoms with Crippen molar-refractivity contribution in [1.82, 2.24) is 0 Å². The van der Waals surface area contributed by atoms with Gasteiger partial charge in [-0.1, -0.05) is 64.4 Å². The van der Waals surface area contributed by atoms with E-state index in [0.29, 0.717) is 6.42 Å². The molecule has 0 spiro atoms. The number of carboxylic acid groups (broad SMARTS) is 1. The first kappa shape index (κ1) is 18.7. The normalized spacial score (nSPS) is 11.4. The van der Waals surface area contributed by atoms with E-state index in [-0.39, 0.29) is 5.57 Å². The van der Waals surface area contributed by atoms with Gasteiger partial charge in [0.2, 0.25) is 0 Å². The molecule has 116 valence electrons. The van der Waals surface area contributed by atoms with Gasteiger partial charge in [-0.15, -0.1) is 0 Å². The molecule has 0 aromatic heterocycles. The second kappa shape index (κ2) is 12.7. The van der Waals surface area contributed by atoms with Crippen LogP contribution in [0.5, 0.6) is 0 Å². The first-order chi connectivity index (χ1) is 9.63. The summed E-state index contributed by atoms with van der Waals surface area (Å²) in [6, 6.07) is 0. The molecule has 0 unspecified atom stereocenters. The lowest BCUT2D eigenvalue weighted by Crippen LogP contribution is -2.13. The van der Waals surface area contributed by atoms with Crippen molar-refractivity contribution in [3.05, 3.63) is 11.6 Å². The molecule has 0 aliphatic carbocycles. The van der Waals surface area contributed by atoms with Crippen LogP contribution >= 0.6 is 0 Å². The predicted octanol–water partition coefficient (Wildman–Crippen LogP) is 4.09. The van der Waals surface area contributed by atoms with Gasteiger partial charge >= 0.3 is 11.9 Å². The molecular weight excluding hydrogens is 256 g/mol. The van der Waals surface area contributed by atoms with Gasteiger partial charge in [-0.2, -0.15) is 0 Å². The Hall–Kier alpha value is -1.32. The predicted molar refractivity (Wildman–Crippen MR) is 79.6 cm³/mol. The number of carbonyl (C=O) groups excluding carboxylic acids is 1. The van der Waals surface area contributed by atoms with E-state index in [1.54, 1.807) is 0 Å². The molecule has 0 amide bonds. The minimum Gasteiger partial charge on any atom is -0.477 e. The number of carboxylic acids is 1. The SMILES string of the molecule is CCCCCCCCCCCC=C(C(=O)O)C(=O)OC. The summed E-state index contributed by atoms with van der Waals surface area (Å²) in [7, 11) is 1.19. The van der Waals surface area contributed by atoms with Gasteiger partial charge in [0.1, 0.15) is 5.57 Å². The van der Waals surface area contributed by atoms with Gasteiger partial charge in [0.25, 0.3) is 0 Å². The highest BCUT2D eigenvalue weighted by Gasteiger charge is 2.16. The highest BCUT2D eigenvalue weighted by atomic mass is 16.5. The van der Waals surface area contributed by atoms with Crippen molar-refractivity contribution in [2.24, 2.45) is 0 Å². The summed E-state index contributed by atoms with van der Waals surface area (Å²) < 4.78 is 4.43. The van der Waals surface area contributed by atoms with Crippen molar-refractivity contribution in [1.29, 1.82) is 0 Å². The van der Waals surface area contributed by atoms with Gasteiger partial charge in [0.15, 0.2) is 0 Å². The van der Waals surface area contributed by atoms with Gasteiger partial charge in [-0.25, -0.2) is 9.59 Å². The Kier molecular flexibility index (Phi) is 11.9. The summed E-state index contributed by atoms with van der Waals surface area (Å²) in [6.07, 6.45) is 13.1. The summed E-state index contributed by atoms with van der Waals surface area (Å²) in [5, 5.41) is 8.85. The first-order valence-electron chi connectivity index (χ1n) is 7.65. The number of allylic oxidation sites excluding steroid dienone is 1. The van der Waals surface area contributed by atoms with E-state index < -0.39 is 11.9 Å². The Morgan fingerprint density at radius 3 is 1.90 bits per heavy atom. The van der Waals surface area contributed by atoms with Gasteiger partial charge in [-0.3, -0.25) is 0 Å². The number of ether oxygens (including phenoxy) is 1. The lowest BCUT2D eigenvalue weighted by molar-refractivity contribution is -0.142. The van der Waals surface area contributed by atoms with Crippen LogP contribution < -0.4 is 0 Å². The van der Waals surface area contributed by atoms with Gasteiger partial charge in [-0.05, 0) is 12.8 Å². The van der Waals surface area contributed by atoms with Crippen molar-refractivity contribution in [2.75, 3.05) is 7.11 Å². The molecule has 4 nitrogen and oxygen atoms in total. The van der Waals surface area contributed by atoms with Crippen LogP contribution in [0.2, 0.25) is 0 Å². The molecule has 0 atom stereocenters. The smallest absolute Gasteiger partial charge is 0.344 e. The van der Waals surface area contributed by atoms with E-state index in [4.69, 9.17) is 5.11 Å². The second-order valence-corrected chi connectivity index (χ2v) is 5.03. The van der Waals surface area contributed by atoms with Crippen LogP contribution in [0.4, 0.5) is 0 Å². The highest BCUT2D eigenvalue weighted by molar-refractivity contribution is 6.13. The number of hydrogen-bond donors (Lipinski definition) is 1. The Morgan fingerprint density at radius 1 is 0.950 bits per heavy atom. The van der Waals surface area contributed by atoms with E-state index in [2.05, 4.69) is 11.7 Å². The van der Waals surface area contributed by atoms with E-state index >= 15 is 0 Å². The third-order valence-electron chi connectivity index (χ3n) is 3.29. The largest absolute Gasteiger partial charge is 0.477 e. The number of carbonyl (C=O) groups is 2. The average Bonchev–Trinajstić information content (AvgIpc) is 2.43. The van der Waals surface area contributed by atoms with Crippen LogP contribution in [0.1, 0.15) is 71.1 Å². The van der Waals surface area contributed by atoms with Crippen molar-refractivity contribution in [3.63, 3.8) is 0 Å². The molecule has 0 radical (unpaired) electrons. The van der Waals surface area contributed by atoms with Crippen molar-refractivity contribution in [2.45, 2.75) is 71.1 Å². The molecule has 4 heteroatoms. The van der Waals surface area contributed by atoms with Crippen LogP contribution in [0.15, 0.2) is 11.6 Å². The maximum Gasteiger partial charge on any atom is 0.344 e. The quantitative estimate of drug-likeness (QED) is 0.193. The molecule has 0 aromatic rings. The lowest BCUT2D eigenvalue weighted by Gasteiger charge is -2.02. The summed E-state index contributed by atoms with van der Waals surface area (Å²) in [5.41, 5.74) is -0.257. The zero-order valence-corrected chi connectivity index (χ0v) is 12.8. The molecule has 0 bridgehead atoms. The van der Waals surface area contributed by atoms with Crippen molar-refractivity contribution < 1.29 is 19.4 Å². The summed E-state index contributed by atoms with van der Waals surface area (Å²) in [5.74, 6) is -1.99. The first-order valence-corrected chi connectivity index (χ1v) is 7.65. The Labute approximate surface area is 122 Å². The summed E-state index contributed by atoms with van der Waals surface area (Å²) in [4.78, 5) is 22.0. The summed E-state index contributed by atoms with van der Waals surface area (Å²) >= 11 is 0. The molecule has 0 rings (SSSR count). The number of rotatable bonds is 12. The number of esters is 1. The van der Waals surface area contributed by atoms with E-state index in [9.17, 15) is 9.59 Å². The molecule has 1 N–H and O–H groups in total. The topological polar surface area (TPSA) is 63.6 Å². The standard InChI is InChI=1S/C16H28O4/c1-3-4-5-6-7-8-9-10-11-12-13-14(15(17)18)16(19)20-2/h13H,3-12H2,1-2H3,(H,17,18). The minimum absolute atomic E-state index is 0.257. The summed E-state index contributed by atoms with van der Waals surface area (Å²) in [6.45, 7) is 2.22. The maximum atomic E-state index is 11.2. The second-order valence-electron chi connectivity index (χ2n) is 5.03. The average molecular weight is 284 g/mol. The van der Waals surface area contributed by atoms with Gasteiger partial charge in [0, 0.05) is 0 Å². The zero-order chi connectivity index (χ0) is 15.2. The Morgan fingerprint density at radius 2 is 1.45 bits per heavy atom. The molecular formula is C16H28O4. The van der Waals surface area contributed by atoms with Crippen LogP contribution in [0, 0.1) is 0 Å². The number of unbranched alkanes of at least 4 members (excludes halogenated alkanes) is 9. The third kappa shape index (κ3) is 9.59. The molecule has 0 saturated carbocycles. The number of aliphatic carboxylic acids is 1. The van der Waals surface area contributed by atoms with E-state index in [1.807, 2.05) is 0 Å². The fourth-order valence-corrected chi connectivity index (χ4v) is 2.07. The van der Waals surface area contributed by atoms with Crippen LogP contribution in [-0.4, -0.2) is 24.2 Å². The van der Waals surface area contributed by atoms with Crippen LogP contribution in [-0.2, 0) is 14.3 Å². The van der Waals surface area contributed by atoms with Crippen LogP contribution in [0.3, 0.4) is 0 Å². The van der Waals surface area contributed by atoms with E-state index in [0.717, 1.165) is 12.8 Å². The third-order valence-corrected chi connectivity index (χ3v) is 3.29.